The van der Waals surface area contributed by atoms with Gasteiger partial charge in [0.15, 0.2) is 0 Å². The van der Waals surface area contributed by atoms with E-state index in [2.05, 4.69) is 16.0 Å². The number of ether oxygens (including phenoxy) is 1. The summed E-state index contributed by atoms with van der Waals surface area (Å²) in [4.78, 5) is 8.49. The van der Waals surface area contributed by atoms with Gasteiger partial charge in [0.1, 0.15) is 17.4 Å². The Morgan fingerprint density at radius 1 is 1.25 bits per heavy atom. The average molecular weight is 268 g/mol. The number of aryl methyl sites for hydroxylation is 1. The fourth-order valence-corrected chi connectivity index (χ4v) is 1.66. The van der Waals surface area contributed by atoms with Gasteiger partial charge in [0.05, 0.1) is 11.6 Å². The van der Waals surface area contributed by atoms with E-state index in [0.717, 1.165) is 5.56 Å². The first-order valence-corrected chi connectivity index (χ1v) is 6.32. The van der Waals surface area contributed by atoms with E-state index in [4.69, 9.17) is 15.7 Å². The predicted molar refractivity (Wildman–Crippen MR) is 76.5 cm³/mol. The van der Waals surface area contributed by atoms with E-state index >= 15 is 0 Å². The maximum atomic E-state index is 8.93. The first-order valence-electron chi connectivity index (χ1n) is 6.32. The molecule has 2 N–H and O–H groups in total. The molecule has 102 valence electrons. The predicted octanol–water partition coefficient (Wildman–Crippen LogP) is 3.15. The molecule has 0 radical (unpaired) electrons. The highest BCUT2D eigenvalue weighted by Crippen LogP contribution is 2.26. The number of nitrogens with two attached hydrogens (primary N) is 1. The van der Waals surface area contributed by atoms with Crippen LogP contribution in [0.4, 0.5) is 5.82 Å². The van der Waals surface area contributed by atoms with Crippen molar-refractivity contribution in [3.8, 4) is 17.7 Å². The number of hydrogen-bond acceptors (Lipinski definition) is 5. The lowest BCUT2D eigenvalue weighted by molar-refractivity contribution is 0.454. The lowest BCUT2D eigenvalue weighted by Gasteiger charge is -2.11. The molecule has 1 aromatic carbocycles. The lowest BCUT2D eigenvalue weighted by Crippen LogP contribution is -2.03. The normalized spacial score (nSPS) is 10.3. The van der Waals surface area contributed by atoms with Crippen LogP contribution in [-0.2, 0) is 0 Å². The molecule has 0 amide bonds. The van der Waals surface area contributed by atoms with Crippen molar-refractivity contribution in [1.82, 2.24) is 9.97 Å². The third-order valence-electron chi connectivity index (χ3n) is 2.79. The van der Waals surface area contributed by atoms with Gasteiger partial charge in [-0.05, 0) is 24.6 Å². The smallest absolute Gasteiger partial charge is 0.224 e. The van der Waals surface area contributed by atoms with Crippen LogP contribution in [0.1, 0.15) is 36.7 Å². The van der Waals surface area contributed by atoms with Crippen molar-refractivity contribution in [2.75, 3.05) is 5.73 Å². The highest BCUT2D eigenvalue weighted by molar-refractivity contribution is 5.44. The maximum Gasteiger partial charge on any atom is 0.224 e. The van der Waals surface area contributed by atoms with E-state index in [9.17, 15) is 0 Å². The zero-order valence-electron chi connectivity index (χ0n) is 11.7. The second-order valence-corrected chi connectivity index (χ2v) is 4.84. The van der Waals surface area contributed by atoms with Crippen LogP contribution >= 0.6 is 0 Å². The number of aromatic nitrogens is 2. The molecule has 0 aliphatic carbocycles. The number of anilines is 1. The number of nitrogens with zero attached hydrogens (tertiary/aromatic N) is 3. The zero-order valence-corrected chi connectivity index (χ0v) is 11.7. The summed E-state index contributed by atoms with van der Waals surface area (Å²) in [5.74, 6) is 2.14. The third kappa shape index (κ3) is 3.04. The van der Waals surface area contributed by atoms with Gasteiger partial charge in [0.25, 0.3) is 0 Å². The number of benzene rings is 1. The quantitative estimate of drug-likeness (QED) is 0.924. The molecule has 0 saturated carbocycles. The molecule has 1 aromatic heterocycles. The van der Waals surface area contributed by atoms with Crippen LogP contribution in [0.25, 0.3) is 0 Å². The van der Waals surface area contributed by atoms with Crippen LogP contribution in [0, 0.1) is 18.3 Å². The Balaban J connectivity index is 2.37. The van der Waals surface area contributed by atoms with Crippen LogP contribution < -0.4 is 10.5 Å². The second-order valence-electron chi connectivity index (χ2n) is 4.84. The summed E-state index contributed by atoms with van der Waals surface area (Å²) in [7, 11) is 0. The third-order valence-corrected chi connectivity index (χ3v) is 2.79. The van der Waals surface area contributed by atoms with Crippen LogP contribution in [0.15, 0.2) is 24.3 Å². The average Bonchev–Trinajstić information content (AvgIpc) is 2.40. The molecule has 2 rings (SSSR count). The minimum atomic E-state index is 0.160. The molecule has 5 heteroatoms. The zero-order chi connectivity index (χ0) is 14.7. The summed E-state index contributed by atoms with van der Waals surface area (Å²) in [6.45, 7) is 5.88. The molecule has 5 nitrogen and oxygen atoms in total. The largest absolute Gasteiger partial charge is 0.439 e. The molecule has 0 bridgehead atoms. The topological polar surface area (TPSA) is 84.8 Å². The van der Waals surface area contributed by atoms with E-state index in [0.29, 0.717) is 28.8 Å². The SMILES string of the molecule is Cc1ccc(C#N)cc1Oc1cc(N)nc(C(C)C)n1. The second kappa shape index (κ2) is 5.57. The van der Waals surface area contributed by atoms with E-state index in [-0.39, 0.29) is 5.92 Å². The minimum Gasteiger partial charge on any atom is -0.439 e. The summed E-state index contributed by atoms with van der Waals surface area (Å²) >= 11 is 0. The Labute approximate surface area is 118 Å². The molecule has 0 fully saturated rings. The van der Waals surface area contributed by atoms with Gasteiger partial charge >= 0.3 is 0 Å². The van der Waals surface area contributed by atoms with Crippen molar-refractivity contribution in [2.45, 2.75) is 26.7 Å². The molecule has 0 saturated heterocycles. The lowest BCUT2D eigenvalue weighted by atomic mass is 10.1. The summed E-state index contributed by atoms with van der Waals surface area (Å²) in [6.07, 6.45) is 0. The Bertz CT molecular complexity index is 674. The van der Waals surface area contributed by atoms with Crippen molar-refractivity contribution in [3.05, 3.63) is 41.2 Å². The van der Waals surface area contributed by atoms with E-state index in [1.807, 2.05) is 26.8 Å². The van der Waals surface area contributed by atoms with Gasteiger partial charge in [-0.1, -0.05) is 19.9 Å². The number of rotatable bonds is 3. The molecule has 0 spiro atoms. The van der Waals surface area contributed by atoms with Crippen LogP contribution in [0.2, 0.25) is 0 Å². The van der Waals surface area contributed by atoms with Crippen molar-refractivity contribution < 1.29 is 4.74 Å². The van der Waals surface area contributed by atoms with Crippen molar-refractivity contribution >= 4 is 5.82 Å². The molecular weight excluding hydrogens is 252 g/mol. The molecule has 0 aliphatic rings. The maximum absolute atomic E-state index is 8.93. The van der Waals surface area contributed by atoms with Crippen molar-refractivity contribution in [2.24, 2.45) is 0 Å². The van der Waals surface area contributed by atoms with Gasteiger partial charge < -0.3 is 10.5 Å². The van der Waals surface area contributed by atoms with Gasteiger partial charge in [-0.25, -0.2) is 4.98 Å². The minimum absolute atomic E-state index is 0.160. The first-order chi connectivity index (χ1) is 9.49. The first kappa shape index (κ1) is 13.8. The van der Waals surface area contributed by atoms with Gasteiger partial charge in [-0.3, -0.25) is 0 Å². The monoisotopic (exact) mass is 268 g/mol. The van der Waals surface area contributed by atoms with Crippen LogP contribution in [0.3, 0.4) is 0 Å². The van der Waals surface area contributed by atoms with E-state index in [1.54, 1.807) is 18.2 Å². The molecule has 20 heavy (non-hydrogen) atoms. The number of nitrogen functional groups attached to an aromatic ring is 1. The van der Waals surface area contributed by atoms with E-state index < -0.39 is 0 Å². The summed E-state index contributed by atoms with van der Waals surface area (Å²) in [5, 5.41) is 8.93. The summed E-state index contributed by atoms with van der Waals surface area (Å²) in [5.41, 5.74) is 7.22. The van der Waals surface area contributed by atoms with Gasteiger partial charge in [0, 0.05) is 12.0 Å². The molecule has 1 heterocycles. The van der Waals surface area contributed by atoms with Crippen molar-refractivity contribution in [1.29, 1.82) is 5.26 Å². The molecular formula is C15H16N4O. The Morgan fingerprint density at radius 3 is 2.65 bits per heavy atom. The molecule has 0 aliphatic heterocycles. The number of hydrogen-bond donors (Lipinski definition) is 1. The van der Waals surface area contributed by atoms with Crippen LogP contribution in [0.5, 0.6) is 11.6 Å². The summed E-state index contributed by atoms with van der Waals surface area (Å²) in [6, 6.07) is 8.92. The van der Waals surface area contributed by atoms with Gasteiger partial charge in [-0.15, -0.1) is 0 Å². The van der Waals surface area contributed by atoms with Gasteiger partial charge in [-0.2, -0.15) is 10.2 Å². The fraction of sp³-hybridized carbons (Fsp3) is 0.267. The number of nitriles is 1. The Kier molecular flexibility index (Phi) is 3.85. The fourth-order valence-electron chi connectivity index (χ4n) is 1.66. The highest BCUT2D eigenvalue weighted by Gasteiger charge is 2.10. The molecule has 0 unspecified atom stereocenters. The van der Waals surface area contributed by atoms with Crippen LogP contribution in [-0.4, -0.2) is 9.97 Å². The highest BCUT2D eigenvalue weighted by atomic mass is 16.5. The molecule has 2 aromatic rings. The van der Waals surface area contributed by atoms with E-state index in [1.165, 1.54) is 0 Å². The standard InChI is InChI=1S/C15H16N4O/c1-9(2)15-18-13(17)7-14(19-15)20-12-6-11(8-16)5-4-10(12)3/h4-7,9H,1-3H3,(H2,17,18,19). The van der Waals surface area contributed by atoms with Gasteiger partial charge in [0.2, 0.25) is 5.88 Å². The Hall–Kier alpha value is -2.61. The van der Waals surface area contributed by atoms with Crippen molar-refractivity contribution in [3.63, 3.8) is 0 Å². The Morgan fingerprint density at radius 2 is 2.00 bits per heavy atom. The summed E-state index contributed by atoms with van der Waals surface area (Å²) < 4.78 is 5.74. The molecule has 0 atom stereocenters.